The highest BCUT2D eigenvalue weighted by atomic mass is 19.1. The predicted molar refractivity (Wildman–Crippen MR) is 64.0 cm³/mol. The van der Waals surface area contributed by atoms with Crippen molar-refractivity contribution in [1.29, 1.82) is 0 Å². The first-order chi connectivity index (χ1) is 8.63. The Bertz CT molecular complexity index is 609. The van der Waals surface area contributed by atoms with Crippen molar-refractivity contribution >= 4 is 16.9 Å². The number of furan rings is 1. The van der Waals surface area contributed by atoms with Gasteiger partial charge < -0.3 is 9.52 Å². The van der Waals surface area contributed by atoms with Gasteiger partial charge in [-0.15, -0.1) is 0 Å². The van der Waals surface area contributed by atoms with Gasteiger partial charge in [0, 0.05) is 17.0 Å². The van der Waals surface area contributed by atoms with Gasteiger partial charge in [0.15, 0.2) is 0 Å². The van der Waals surface area contributed by atoms with E-state index in [0.29, 0.717) is 24.0 Å². The number of carboxylic acid groups (broad SMARTS) is 1. The van der Waals surface area contributed by atoms with E-state index in [-0.39, 0.29) is 0 Å². The smallest absolute Gasteiger partial charge is 0.314 e. The van der Waals surface area contributed by atoms with Gasteiger partial charge in [-0.25, -0.2) is 4.39 Å². The van der Waals surface area contributed by atoms with E-state index in [9.17, 15) is 14.3 Å². The van der Waals surface area contributed by atoms with E-state index in [2.05, 4.69) is 0 Å². The van der Waals surface area contributed by atoms with Crippen molar-refractivity contribution in [1.82, 2.24) is 0 Å². The fourth-order valence-electron chi connectivity index (χ4n) is 2.93. The molecule has 0 amide bonds. The van der Waals surface area contributed by atoms with Crippen LogP contribution in [0, 0.1) is 5.82 Å². The van der Waals surface area contributed by atoms with E-state index >= 15 is 0 Å². The minimum absolute atomic E-state index is 0.293. The molecule has 0 bridgehead atoms. The monoisotopic (exact) mass is 248 g/mol. The first-order valence-electron chi connectivity index (χ1n) is 6.04. The first kappa shape index (κ1) is 11.3. The molecule has 3 rings (SSSR count). The van der Waals surface area contributed by atoms with E-state index in [4.69, 9.17) is 4.42 Å². The summed E-state index contributed by atoms with van der Waals surface area (Å²) in [6.45, 7) is 0. The Hall–Kier alpha value is -1.84. The minimum atomic E-state index is -1.06. The van der Waals surface area contributed by atoms with Crippen molar-refractivity contribution in [3.8, 4) is 0 Å². The standard InChI is InChI=1S/C14H13FO3/c15-11-8-12-9(3-6-18-12)7-10(11)14(13(16)17)4-1-2-5-14/h3,6-8H,1-2,4-5H2,(H,16,17). The Morgan fingerprint density at radius 3 is 2.72 bits per heavy atom. The van der Waals surface area contributed by atoms with Gasteiger partial charge in [0.1, 0.15) is 11.4 Å². The summed E-state index contributed by atoms with van der Waals surface area (Å²) in [4.78, 5) is 11.6. The highest BCUT2D eigenvalue weighted by Crippen LogP contribution is 2.43. The summed E-state index contributed by atoms with van der Waals surface area (Å²) in [5.74, 6) is -1.41. The fraction of sp³-hybridized carbons (Fsp3) is 0.357. The SMILES string of the molecule is O=C(O)C1(c2cc3ccoc3cc2F)CCCC1. The molecule has 0 atom stereocenters. The van der Waals surface area contributed by atoms with Gasteiger partial charge >= 0.3 is 5.97 Å². The van der Waals surface area contributed by atoms with Crippen LogP contribution in [0.2, 0.25) is 0 Å². The maximum absolute atomic E-state index is 14.1. The number of hydrogen-bond acceptors (Lipinski definition) is 2. The molecule has 1 fully saturated rings. The van der Waals surface area contributed by atoms with Crippen molar-refractivity contribution in [2.45, 2.75) is 31.1 Å². The van der Waals surface area contributed by atoms with Crippen molar-refractivity contribution in [3.05, 3.63) is 35.8 Å². The molecule has 1 heterocycles. The van der Waals surface area contributed by atoms with Crippen molar-refractivity contribution in [3.63, 3.8) is 0 Å². The molecule has 0 radical (unpaired) electrons. The Labute approximate surface area is 103 Å². The summed E-state index contributed by atoms with van der Waals surface area (Å²) in [5, 5.41) is 10.2. The number of carbonyl (C=O) groups is 1. The molecule has 18 heavy (non-hydrogen) atoms. The van der Waals surface area contributed by atoms with Crippen LogP contribution < -0.4 is 0 Å². The van der Waals surface area contributed by atoms with Crippen LogP contribution in [0.25, 0.3) is 11.0 Å². The van der Waals surface area contributed by atoms with Crippen LogP contribution in [0.1, 0.15) is 31.2 Å². The molecule has 0 spiro atoms. The van der Waals surface area contributed by atoms with Gasteiger partial charge in [-0.3, -0.25) is 4.79 Å². The van der Waals surface area contributed by atoms with Crippen LogP contribution in [0.4, 0.5) is 4.39 Å². The maximum Gasteiger partial charge on any atom is 0.314 e. The van der Waals surface area contributed by atoms with Crippen LogP contribution in [0.3, 0.4) is 0 Å². The molecule has 4 heteroatoms. The molecule has 1 aromatic heterocycles. The molecule has 3 nitrogen and oxygen atoms in total. The molecule has 0 saturated heterocycles. The Kier molecular flexibility index (Phi) is 2.40. The second kappa shape index (κ2) is 3.83. The Balaban J connectivity index is 2.22. The molecule has 1 saturated carbocycles. The summed E-state index contributed by atoms with van der Waals surface area (Å²) in [6, 6.07) is 4.63. The normalized spacial score (nSPS) is 18.3. The number of aliphatic carboxylic acids is 1. The van der Waals surface area contributed by atoms with Crippen LogP contribution in [-0.2, 0) is 10.2 Å². The summed E-state index contributed by atoms with van der Waals surface area (Å²) < 4.78 is 19.3. The van der Waals surface area contributed by atoms with Gasteiger partial charge in [-0.2, -0.15) is 0 Å². The Morgan fingerprint density at radius 1 is 1.33 bits per heavy atom. The van der Waals surface area contributed by atoms with Gasteiger partial charge in [0.25, 0.3) is 0 Å². The topological polar surface area (TPSA) is 50.4 Å². The zero-order chi connectivity index (χ0) is 12.8. The molecule has 1 N–H and O–H groups in total. The number of hydrogen-bond donors (Lipinski definition) is 1. The Morgan fingerprint density at radius 2 is 2.06 bits per heavy atom. The number of rotatable bonds is 2. The van der Waals surface area contributed by atoms with Crippen molar-refractivity contribution in [2.75, 3.05) is 0 Å². The quantitative estimate of drug-likeness (QED) is 0.885. The van der Waals surface area contributed by atoms with Crippen LogP contribution in [-0.4, -0.2) is 11.1 Å². The molecule has 2 aromatic rings. The summed E-state index contributed by atoms with van der Waals surface area (Å²) in [6.07, 6.45) is 4.14. The third kappa shape index (κ3) is 1.45. The zero-order valence-electron chi connectivity index (χ0n) is 9.78. The molecule has 1 aliphatic carbocycles. The van der Waals surface area contributed by atoms with E-state index < -0.39 is 17.2 Å². The summed E-state index contributed by atoms with van der Waals surface area (Å²) in [5.41, 5.74) is -0.314. The average molecular weight is 248 g/mol. The van der Waals surface area contributed by atoms with E-state index in [1.807, 2.05) is 0 Å². The third-order valence-electron chi connectivity index (χ3n) is 3.92. The first-order valence-corrected chi connectivity index (χ1v) is 6.04. The van der Waals surface area contributed by atoms with E-state index in [1.54, 1.807) is 12.1 Å². The lowest BCUT2D eigenvalue weighted by Gasteiger charge is -2.24. The van der Waals surface area contributed by atoms with Gasteiger partial charge in [-0.1, -0.05) is 12.8 Å². The minimum Gasteiger partial charge on any atom is -0.481 e. The fourth-order valence-corrected chi connectivity index (χ4v) is 2.93. The second-order valence-electron chi connectivity index (χ2n) is 4.88. The number of benzene rings is 1. The zero-order valence-corrected chi connectivity index (χ0v) is 9.78. The lowest BCUT2D eigenvalue weighted by Crippen LogP contribution is -2.33. The highest BCUT2D eigenvalue weighted by Gasteiger charge is 2.44. The molecule has 0 aliphatic heterocycles. The molecule has 1 aromatic carbocycles. The van der Waals surface area contributed by atoms with Gasteiger partial charge in [0.2, 0.25) is 0 Å². The maximum atomic E-state index is 14.1. The van der Waals surface area contributed by atoms with E-state index in [0.717, 1.165) is 18.2 Å². The number of fused-ring (bicyclic) bond motifs is 1. The van der Waals surface area contributed by atoms with Crippen molar-refractivity contribution in [2.24, 2.45) is 0 Å². The van der Waals surface area contributed by atoms with Crippen LogP contribution >= 0.6 is 0 Å². The third-order valence-corrected chi connectivity index (χ3v) is 3.92. The summed E-state index contributed by atoms with van der Waals surface area (Å²) in [7, 11) is 0. The van der Waals surface area contributed by atoms with Crippen molar-refractivity contribution < 1.29 is 18.7 Å². The van der Waals surface area contributed by atoms with Crippen LogP contribution in [0.5, 0.6) is 0 Å². The predicted octanol–water partition coefficient (Wildman–Crippen LogP) is 3.47. The molecular weight excluding hydrogens is 235 g/mol. The average Bonchev–Trinajstić information content (AvgIpc) is 2.95. The summed E-state index contributed by atoms with van der Waals surface area (Å²) >= 11 is 0. The molecular formula is C14H13FO3. The second-order valence-corrected chi connectivity index (χ2v) is 4.88. The van der Waals surface area contributed by atoms with Gasteiger partial charge in [-0.05, 0) is 25.0 Å². The number of halogens is 1. The lowest BCUT2D eigenvalue weighted by molar-refractivity contribution is -0.143. The number of carboxylic acids is 1. The molecule has 1 aliphatic rings. The molecule has 94 valence electrons. The largest absolute Gasteiger partial charge is 0.481 e. The van der Waals surface area contributed by atoms with Gasteiger partial charge in [0.05, 0.1) is 11.7 Å². The highest BCUT2D eigenvalue weighted by molar-refractivity contribution is 5.85. The van der Waals surface area contributed by atoms with Crippen LogP contribution in [0.15, 0.2) is 28.9 Å². The molecule has 0 unspecified atom stereocenters. The lowest BCUT2D eigenvalue weighted by atomic mass is 9.78. The van der Waals surface area contributed by atoms with E-state index in [1.165, 1.54) is 12.3 Å².